The number of aromatic nitrogens is 2. The van der Waals surface area contributed by atoms with Crippen molar-refractivity contribution in [3.8, 4) is 0 Å². The lowest BCUT2D eigenvalue weighted by Crippen LogP contribution is -2.29. The minimum atomic E-state index is -0.487. The summed E-state index contributed by atoms with van der Waals surface area (Å²) in [5, 5.41) is 16.0. The predicted octanol–water partition coefficient (Wildman–Crippen LogP) is 4.26. The van der Waals surface area contributed by atoms with Crippen LogP contribution >= 0.6 is 0 Å². The van der Waals surface area contributed by atoms with E-state index in [1.807, 2.05) is 61.5 Å². The van der Waals surface area contributed by atoms with E-state index in [9.17, 15) is 14.4 Å². The molecule has 2 amide bonds. The van der Waals surface area contributed by atoms with E-state index in [1.165, 1.54) is 7.11 Å². The first-order chi connectivity index (χ1) is 19.7. The molecular weight excluding hydrogens is 520 g/mol. The van der Waals surface area contributed by atoms with Gasteiger partial charge >= 0.3 is 5.97 Å². The lowest BCUT2D eigenvalue weighted by atomic mass is 9.98. The number of hydrogen-bond donors (Lipinski definition) is 2. The Kier molecular flexibility index (Phi) is 7.75. The Morgan fingerprint density at radius 3 is 2.32 bits per heavy atom. The first-order valence-corrected chi connectivity index (χ1v) is 13.0. The van der Waals surface area contributed by atoms with Crippen LogP contribution in [0.4, 0.5) is 17.1 Å². The number of carbonyl (C=O) groups excluding carboxylic acids is 3. The molecule has 1 aromatic heterocycles. The highest BCUT2D eigenvalue weighted by Gasteiger charge is 2.29. The molecule has 208 valence electrons. The summed E-state index contributed by atoms with van der Waals surface area (Å²) in [5.74, 6) is -0.772. The number of benzene rings is 3. The van der Waals surface area contributed by atoms with Crippen molar-refractivity contribution in [3.63, 3.8) is 0 Å². The molecule has 2 N–H and O–H groups in total. The van der Waals surface area contributed by atoms with Crippen LogP contribution in [-0.4, -0.2) is 67.7 Å². The lowest BCUT2D eigenvalue weighted by molar-refractivity contribution is -0.118. The third-order valence-corrected chi connectivity index (χ3v) is 6.94. The van der Waals surface area contributed by atoms with E-state index in [0.717, 1.165) is 27.7 Å². The van der Waals surface area contributed by atoms with Crippen LogP contribution in [0.5, 0.6) is 0 Å². The summed E-state index contributed by atoms with van der Waals surface area (Å²) in [6.07, 6.45) is 3.77. The van der Waals surface area contributed by atoms with Crippen molar-refractivity contribution in [2.75, 3.05) is 50.3 Å². The van der Waals surface area contributed by atoms with Gasteiger partial charge < -0.3 is 25.2 Å². The number of rotatable bonds is 8. The van der Waals surface area contributed by atoms with Crippen molar-refractivity contribution >= 4 is 56.9 Å². The van der Waals surface area contributed by atoms with Crippen LogP contribution in [0, 0.1) is 0 Å². The van der Waals surface area contributed by atoms with Crippen LogP contribution in [0.2, 0.25) is 0 Å². The molecule has 0 atom stereocenters. The third kappa shape index (κ3) is 5.78. The molecule has 0 spiro atoms. The number of esters is 1. The van der Waals surface area contributed by atoms with Gasteiger partial charge in [0.1, 0.15) is 0 Å². The van der Waals surface area contributed by atoms with Crippen LogP contribution in [0.3, 0.4) is 0 Å². The first-order valence-electron chi connectivity index (χ1n) is 13.0. The first kappa shape index (κ1) is 27.5. The monoisotopic (exact) mass is 550 g/mol. The van der Waals surface area contributed by atoms with Crippen molar-refractivity contribution in [1.29, 1.82) is 0 Å². The van der Waals surface area contributed by atoms with Crippen molar-refractivity contribution < 1.29 is 19.1 Å². The maximum Gasteiger partial charge on any atom is 0.337 e. The number of nitrogens with zero attached hydrogens (tertiary/aromatic N) is 4. The highest BCUT2D eigenvalue weighted by Crippen LogP contribution is 2.39. The molecule has 0 saturated carbocycles. The Hall–Kier alpha value is -5.09. The van der Waals surface area contributed by atoms with Crippen LogP contribution in [-0.2, 0) is 14.3 Å². The summed E-state index contributed by atoms with van der Waals surface area (Å²) < 4.78 is 4.84. The van der Waals surface area contributed by atoms with Crippen molar-refractivity contribution in [2.45, 2.75) is 6.42 Å². The summed E-state index contributed by atoms with van der Waals surface area (Å²) in [5.41, 5.74) is 4.77. The summed E-state index contributed by atoms with van der Waals surface area (Å²) >= 11 is 0. The predicted molar refractivity (Wildman–Crippen MR) is 159 cm³/mol. The second-order valence-corrected chi connectivity index (χ2v) is 9.97. The molecule has 1 aliphatic rings. The van der Waals surface area contributed by atoms with Gasteiger partial charge in [-0.05, 0) is 62.1 Å². The molecular formula is C31H30N6O4. The van der Waals surface area contributed by atoms with Gasteiger partial charge in [0.25, 0.3) is 5.91 Å². The van der Waals surface area contributed by atoms with Gasteiger partial charge in [-0.25, -0.2) is 4.79 Å². The standard InChI is InChI=1S/C31H30N6O4/c1-36(2)14-13-27(38)37(3)24-10-8-23(9-11-24)34-29(19-5-6-21-17-32-33-18-22(21)15-19)28-25-12-7-20(31(40)41-4)16-26(25)35-30(28)39/h5-12,15-18,34H,13-14H2,1-4H3,(H,35,39)/b29-28-. The highest BCUT2D eigenvalue weighted by atomic mass is 16.5. The fraction of sp³-hybridized carbons (Fsp3) is 0.194. The number of fused-ring (bicyclic) bond motifs is 2. The normalized spacial score (nSPS) is 13.5. The molecule has 0 fully saturated rings. The second kappa shape index (κ2) is 11.6. The quantitative estimate of drug-likeness (QED) is 0.247. The molecule has 10 heteroatoms. The number of anilines is 3. The van der Waals surface area contributed by atoms with Crippen LogP contribution in [0.15, 0.2) is 73.1 Å². The third-order valence-electron chi connectivity index (χ3n) is 6.94. The van der Waals surface area contributed by atoms with Crippen molar-refractivity contribution in [3.05, 3.63) is 89.7 Å². The van der Waals surface area contributed by atoms with Gasteiger partial charge in [-0.15, -0.1) is 0 Å². The Bertz CT molecular complexity index is 1680. The van der Waals surface area contributed by atoms with E-state index >= 15 is 0 Å². The van der Waals surface area contributed by atoms with Gasteiger partial charge in [0.15, 0.2) is 0 Å². The average molecular weight is 551 g/mol. The molecule has 4 aromatic rings. The van der Waals surface area contributed by atoms with E-state index in [1.54, 1.807) is 42.5 Å². The average Bonchev–Trinajstić information content (AvgIpc) is 3.32. The second-order valence-electron chi connectivity index (χ2n) is 9.97. The van der Waals surface area contributed by atoms with E-state index in [4.69, 9.17) is 4.74 Å². The molecule has 0 unspecified atom stereocenters. The number of ether oxygens (including phenoxy) is 1. The maximum absolute atomic E-state index is 13.4. The van der Waals surface area contributed by atoms with Gasteiger partial charge in [0.05, 0.1) is 42.0 Å². The smallest absolute Gasteiger partial charge is 0.337 e. The molecule has 2 heterocycles. The van der Waals surface area contributed by atoms with E-state index in [0.29, 0.717) is 41.1 Å². The summed E-state index contributed by atoms with van der Waals surface area (Å²) in [4.78, 5) is 41.7. The zero-order chi connectivity index (χ0) is 29.1. The number of amides is 2. The SMILES string of the molecule is COC(=O)c1ccc2c(c1)NC(=O)/C2=C(\Nc1ccc(N(C)C(=O)CCN(C)C)cc1)c1ccc2cnncc2c1. The Labute approximate surface area is 237 Å². The molecule has 1 aliphatic heterocycles. The minimum absolute atomic E-state index is 0.0204. The number of methoxy groups -OCH3 is 1. The molecule has 0 saturated heterocycles. The molecule has 0 bridgehead atoms. The van der Waals surface area contributed by atoms with Gasteiger partial charge in [0, 0.05) is 47.7 Å². The Balaban J connectivity index is 1.54. The topological polar surface area (TPSA) is 117 Å². The molecule has 10 nitrogen and oxygen atoms in total. The number of carbonyl (C=O) groups is 3. The molecule has 0 aliphatic carbocycles. The largest absolute Gasteiger partial charge is 0.465 e. The van der Waals surface area contributed by atoms with Crippen LogP contribution in [0.25, 0.3) is 22.0 Å². The van der Waals surface area contributed by atoms with Crippen molar-refractivity contribution in [2.24, 2.45) is 0 Å². The minimum Gasteiger partial charge on any atom is -0.465 e. The van der Waals surface area contributed by atoms with Gasteiger partial charge in [-0.1, -0.05) is 18.2 Å². The number of nitrogens with one attached hydrogen (secondary N) is 2. The lowest BCUT2D eigenvalue weighted by Gasteiger charge is -2.20. The Morgan fingerprint density at radius 1 is 0.902 bits per heavy atom. The molecule has 0 radical (unpaired) electrons. The summed E-state index contributed by atoms with van der Waals surface area (Å²) in [7, 11) is 6.94. The summed E-state index contributed by atoms with van der Waals surface area (Å²) in [6, 6.07) is 18.2. The zero-order valence-electron chi connectivity index (χ0n) is 23.3. The van der Waals surface area contributed by atoms with E-state index in [2.05, 4.69) is 20.8 Å². The van der Waals surface area contributed by atoms with Gasteiger partial charge in [0.2, 0.25) is 5.91 Å². The van der Waals surface area contributed by atoms with Crippen molar-refractivity contribution in [1.82, 2.24) is 15.1 Å². The van der Waals surface area contributed by atoms with E-state index < -0.39 is 5.97 Å². The molecule has 41 heavy (non-hydrogen) atoms. The van der Waals surface area contributed by atoms with E-state index in [-0.39, 0.29) is 11.8 Å². The maximum atomic E-state index is 13.4. The molecule has 3 aromatic carbocycles. The van der Waals surface area contributed by atoms with Gasteiger partial charge in [-0.2, -0.15) is 10.2 Å². The summed E-state index contributed by atoms with van der Waals surface area (Å²) in [6.45, 7) is 0.668. The van der Waals surface area contributed by atoms with Crippen LogP contribution < -0.4 is 15.5 Å². The Morgan fingerprint density at radius 2 is 1.61 bits per heavy atom. The fourth-order valence-corrected chi connectivity index (χ4v) is 4.64. The van der Waals surface area contributed by atoms with Gasteiger partial charge in [-0.3, -0.25) is 9.59 Å². The highest BCUT2D eigenvalue weighted by molar-refractivity contribution is 6.37. The number of hydrogen-bond acceptors (Lipinski definition) is 8. The fourth-order valence-electron chi connectivity index (χ4n) is 4.64. The zero-order valence-corrected chi connectivity index (χ0v) is 23.3. The molecule has 5 rings (SSSR count). The van der Waals surface area contributed by atoms with Crippen LogP contribution in [0.1, 0.15) is 27.9 Å².